The van der Waals surface area contributed by atoms with Crippen LogP contribution in [0.1, 0.15) is 17.0 Å². The molecule has 86 valence electrons. The minimum atomic E-state index is 0.131. The summed E-state index contributed by atoms with van der Waals surface area (Å²) >= 11 is 5.92. The van der Waals surface area contributed by atoms with Crippen LogP contribution in [0.4, 0.5) is 5.13 Å². The first-order chi connectivity index (χ1) is 7.74. The second kappa shape index (κ2) is 4.01. The highest BCUT2D eigenvalue weighted by Crippen LogP contribution is 2.32. The van der Waals surface area contributed by atoms with Gasteiger partial charge >= 0.3 is 0 Å². The van der Waals surface area contributed by atoms with Crippen molar-refractivity contribution in [2.75, 3.05) is 18.1 Å². The number of carbonyl (C=O) groups is 1. The van der Waals surface area contributed by atoms with Crippen molar-refractivity contribution in [3.8, 4) is 0 Å². The number of nitrogens with zero attached hydrogens (tertiary/aromatic N) is 2. The molecule has 1 unspecified atom stereocenters. The lowest BCUT2D eigenvalue weighted by Crippen LogP contribution is -2.24. The van der Waals surface area contributed by atoms with Crippen LogP contribution >= 0.6 is 24.0 Å². The van der Waals surface area contributed by atoms with Gasteiger partial charge in [-0.25, -0.2) is 4.98 Å². The molecule has 1 aromatic rings. The number of rotatable bonds is 1. The Morgan fingerprint density at radius 3 is 3.12 bits per heavy atom. The summed E-state index contributed by atoms with van der Waals surface area (Å²) in [5, 5.41) is 0.960. The summed E-state index contributed by atoms with van der Waals surface area (Å²) in [5.41, 5.74) is 1.10. The van der Waals surface area contributed by atoms with E-state index in [1.54, 1.807) is 16.2 Å². The predicted octanol–water partition coefficient (Wildman–Crippen LogP) is 1.25. The van der Waals surface area contributed by atoms with Gasteiger partial charge in [-0.15, -0.1) is 0 Å². The van der Waals surface area contributed by atoms with Gasteiger partial charge in [-0.1, -0.05) is 11.3 Å². The standard InChI is InChI=1S/C10H12N2O2S2/c13-9-3-6(15)4-12(9)10-11-7-1-2-14-5-8(7)16-10/h6,15H,1-5H2. The maximum absolute atomic E-state index is 11.7. The van der Waals surface area contributed by atoms with Crippen LogP contribution in [0, 0.1) is 0 Å². The van der Waals surface area contributed by atoms with E-state index in [1.807, 2.05) is 0 Å². The highest BCUT2D eigenvalue weighted by atomic mass is 32.1. The second-order valence-corrected chi connectivity index (χ2v) is 5.82. The third kappa shape index (κ3) is 1.74. The maximum Gasteiger partial charge on any atom is 0.229 e. The molecule has 1 fully saturated rings. The second-order valence-electron chi connectivity index (χ2n) is 4.03. The molecule has 0 aliphatic carbocycles. The van der Waals surface area contributed by atoms with Crippen molar-refractivity contribution in [1.29, 1.82) is 0 Å². The largest absolute Gasteiger partial charge is 0.375 e. The van der Waals surface area contributed by atoms with E-state index in [1.165, 1.54) is 0 Å². The van der Waals surface area contributed by atoms with E-state index in [4.69, 9.17) is 4.74 Å². The molecular weight excluding hydrogens is 244 g/mol. The first-order valence-electron chi connectivity index (χ1n) is 5.29. The molecule has 4 nitrogen and oxygen atoms in total. The van der Waals surface area contributed by atoms with E-state index in [0.717, 1.165) is 28.7 Å². The fourth-order valence-corrected chi connectivity index (χ4v) is 3.39. The minimum absolute atomic E-state index is 0.131. The molecule has 16 heavy (non-hydrogen) atoms. The lowest BCUT2D eigenvalue weighted by atomic mass is 10.2. The Kier molecular flexibility index (Phi) is 2.65. The van der Waals surface area contributed by atoms with Crippen LogP contribution < -0.4 is 4.90 Å². The Labute approximate surface area is 103 Å². The van der Waals surface area contributed by atoms with Crippen LogP contribution in [0.3, 0.4) is 0 Å². The predicted molar refractivity (Wildman–Crippen MR) is 65.2 cm³/mol. The monoisotopic (exact) mass is 256 g/mol. The van der Waals surface area contributed by atoms with Crippen molar-refractivity contribution in [3.05, 3.63) is 10.6 Å². The van der Waals surface area contributed by atoms with E-state index < -0.39 is 0 Å². The fourth-order valence-electron chi connectivity index (χ4n) is 2.00. The van der Waals surface area contributed by atoms with Crippen LogP contribution in [0.25, 0.3) is 0 Å². The van der Waals surface area contributed by atoms with Gasteiger partial charge in [0.05, 0.1) is 23.8 Å². The highest BCUT2D eigenvalue weighted by Gasteiger charge is 2.31. The molecule has 3 rings (SSSR count). The molecule has 0 N–H and O–H groups in total. The van der Waals surface area contributed by atoms with Crippen molar-refractivity contribution in [2.45, 2.75) is 24.7 Å². The molecule has 0 bridgehead atoms. The Bertz CT molecular complexity index is 409. The number of carbonyl (C=O) groups excluding carboxylic acids is 1. The van der Waals surface area contributed by atoms with Gasteiger partial charge < -0.3 is 4.74 Å². The number of aromatic nitrogens is 1. The number of ether oxygens (including phenoxy) is 1. The number of thiol groups is 1. The van der Waals surface area contributed by atoms with Gasteiger partial charge in [0, 0.05) is 24.6 Å². The molecule has 1 aromatic heterocycles. The van der Waals surface area contributed by atoms with Crippen molar-refractivity contribution in [2.24, 2.45) is 0 Å². The van der Waals surface area contributed by atoms with Gasteiger partial charge in [0.2, 0.25) is 5.91 Å². The molecule has 2 aliphatic rings. The highest BCUT2D eigenvalue weighted by molar-refractivity contribution is 7.81. The fraction of sp³-hybridized carbons (Fsp3) is 0.600. The van der Waals surface area contributed by atoms with Crippen LogP contribution in [0.15, 0.2) is 0 Å². The zero-order chi connectivity index (χ0) is 11.1. The molecule has 1 saturated heterocycles. The van der Waals surface area contributed by atoms with Gasteiger partial charge in [0.15, 0.2) is 5.13 Å². The third-order valence-corrected chi connectivity index (χ3v) is 4.26. The summed E-state index contributed by atoms with van der Waals surface area (Å²) in [6, 6.07) is 0. The molecule has 0 spiro atoms. The molecule has 1 atom stereocenters. The summed E-state index contributed by atoms with van der Waals surface area (Å²) in [5.74, 6) is 0.131. The summed E-state index contributed by atoms with van der Waals surface area (Å²) in [4.78, 5) is 19.2. The van der Waals surface area contributed by atoms with Crippen molar-refractivity contribution in [3.63, 3.8) is 0 Å². The number of fused-ring (bicyclic) bond motifs is 1. The normalized spacial score (nSPS) is 24.9. The third-order valence-electron chi connectivity index (χ3n) is 2.82. The number of anilines is 1. The molecule has 2 aliphatic heterocycles. The van der Waals surface area contributed by atoms with E-state index in [0.29, 0.717) is 19.6 Å². The van der Waals surface area contributed by atoms with Gasteiger partial charge in [-0.3, -0.25) is 9.69 Å². The summed E-state index contributed by atoms with van der Waals surface area (Å²) < 4.78 is 5.37. The van der Waals surface area contributed by atoms with E-state index in [-0.39, 0.29) is 11.2 Å². The van der Waals surface area contributed by atoms with Gasteiger partial charge in [0.1, 0.15) is 0 Å². The Morgan fingerprint density at radius 1 is 1.56 bits per heavy atom. The van der Waals surface area contributed by atoms with E-state index >= 15 is 0 Å². The lowest BCUT2D eigenvalue weighted by Gasteiger charge is -2.10. The first kappa shape index (κ1) is 10.6. The molecule has 0 aromatic carbocycles. The quantitative estimate of drug-likeness (QED) is 0.769. The number of thiazole rings is 1. The van der Waals surface area contributed by atoms with Crippen molar-refractivity contribution in [1.82, 2.24) is 4.98 Å². The van der Waals surface area contributed by atoms with Gasteiger partial charge in [-0.2, -0.15) is 12.6 Å². The van der Waals surface area contributed by atoms with E-state index in [9.17, 15) is 4.79 Å². The molecule has 0 saturated carbocycles. The zero-order valence-corrected chi connectivity index (χ0v) is 10.4. The number of hydrogen-bond acceptors (Lipinski definition) is 5. The Morgan fingerprint density at radius 2 is 2.44 bits per heavy atom. The SMILES string of the molecule is O=C1CC(S)CN1c1nc2c(s1)COCC2. The molecule has 6 heteroatoms. The maximum atomic E-state index is 11.7. The molecule has 0 radical (unpaired) electrons. The van der Waals surface area contributed by atoms with Crippen LogP contribution in [0.2, 0.25) is 0 Å². The molecule has 3 heterocycles. The molecule has 1 amide bonds. The average Bonchev–Trinajstić information content (AvgIpc) is 2.81. The summed E-state index contributed by atoms with van der Waals surface area (Å²) in [6.07, 6.45) is 1.38. The van der Waals surface area contributed by atoms with Crippen LogP contribution in [-0.2, 0) is 22.6 Å². The number of amides is 1. The molecular formula is C10H12N2O2S2. The Balaban J connectivity index is 1.89. The van der Waals surface area contributed by atoms with Crippen LogP contribution in [0.5, 0.6) is 0 Å². The Hall–Kier alpha value is -0.590. The summed E-state index contributed by atoms with van der Waals surface area (Å²) in [7, 11) is 0. The zero-order valence-electron chi connectivity index (χ0n) is 8.68. The lowest BCUT2D eigenvalue weighted by molar-refractivity contribution is -0.117. The van der Waals surface area contributed by atoms with E-state index in [2.05, 4.69) is 17.6 Å². The number of hydrogen-bond donors (Lipinski definition) is 1. The topological polar surface area (TPSA) is 42.4 Å². The van der Waals surface area contributed by atoms with Gasteiger partial charge in [0.25, 0.3) is 0 Å². The van der Waals surface area contributed by atoms with Crippen LogP contribution in [-0.4, -0.2) is 29.3 Å². The first-order valence-corrected chi connectivity index (χ1v) is 6.62. The van der Waals surface area contributed by atoms with Crippen molar-refractivity contribution < 1.29 is 9.53 Å². The van der Waals surface area contributed by atoms with Gasteiger partial charge in [-0.05, 0) is 0 Å². The smallest absolute Gasteiger partial charge is 0.229 e. The summed E-state index contributed by atoms with van der Waals surface area (Å²) in [6.45, 7) is 2.05. The van der Waals surface area contributed by atoms with Crippen molar-refractivity contribution >= 4 is 35.0 Å². The minimum Gasteiger partial charge on any atom is -0.375 e. The average molecular weight is 256 g/mol.